The zero-order valence-corrected chi connectivity index (χ0v) is 10.8. The molecule has 1 heterocycles. The molecule has 0 bridgehead atoms. The first-order valence-corrected chi connectivity index (χ1v) is 5.85. The Bertz CT molecular complexity index is 527. The first kappa shape index (κ1) is 13.1. The van der Waals surface area contributed by atoms with Gasteiger partial charge in [0.15, 0.2) is 0 Å². The largest absolute Gasteiger partial charge is 0.291 e. The van der Waals surface area contributed by atoms with Gasteiger partial charge in [0, 0.05) is 19.6 Å². The normalized spacial score (nSPS) is 14.1. The minimum atomic E-state index is -0.134. The Morgan fingerprint density at radius 3 is 2.44 bits per heavy atom. The summed E-state index contributed by atoms with van der Waals surface area (Å²) < 4.78 is 13.1. The van der Waals surface area contributed by atoms with Crippen molar-refractivity contribution in [2.24, 2.45) is 0 Å². The highest BCUT2D eigenvalue weighted by Gasteiger charge is 2.18. The Morgan fingerprint density at radius 1 is 0.944 bits per heavy atom. The second-order valence-corrected chi connectivity index (χ2v) is 4.54. The van der Waals surface area contributed by atoms with Crippen LogP contribution in [-0.2, 0) is 19.6 Å². The Labute approximate surface area is 113 Å². The smallest absolute Gasteiger partial charge is 0.123 e. The van der Waals surface area contributed by atoms with Crippen LogP contribution in [0.1, 0.15) is 16.7 Å². The summed E-state index contributed by atoms with van der Waals surface area (Å²) in [6.45, 7) is 2.70. The predicted molar refractivity (Wildman–Crippen MR) is 73.0 cm³/mol. The molecule has 0 aliphatic carbocycles. The highest BCUT2D eigenvalue weighted by Crippen LogP contribution is 2.24. The summed E-state index contributed by atoms with van der Waals surface area (Å²) in [5.41, 5.74) is 3.68. The van der Waals surface area contributed by atoms with Crippen LogP contribution in [0.4, 0.5) is 4.39 Å². The van der Waals surface area contributed by atoms with Gasteiger partial charge in [-0.25, -0.2) is 4.39 Å². The Hall–Kier alpha value is -1.38. The van der Waals surface area contributed by atoms with Crippen molar-refractivity contribution in [3.63, 3.8) is 0 Å². The number of hydrogen-bond acceptors (Lipinski definition) is 1. The maximum atomic E-state index is 13.1. The highest BCUT2D eigenvalue weighted by molar-refractivity contribution is 5.85. The van der Waals surface area contributed by atoms with Crippen molar-refractivity contribution in [1.82, 2.24) is 4.90 Å². The standard InChI is InChI=1S/C15H14FN.ClH/c16-15-7-6-13-10-17(11-14(13)8-15)9-12-4-2-1-3-5-12;/h1-8H,9-11H2;1H. The van der Waals surface area contributed by atoms with E-state index in [9.17, 15) is 4.39 Å². The lowest BCUT2D eigenvalue weighted by Gasteiger charge is -2.14. The van der Waals surface area contributed by atoms with Crippen LogP contribution in [0.5, 0.6) is 0 Å². The molecule has 0 spiro atoms. The van der Waals surface area contributed by atoms with Gasteiger partial charge in [-0.3, -0.25) is 4.90 Å². The monoisotopic (exact) mass is 263 g/mol. The number of halogens is 2. The van der Waals surface area contributed by atoms with Crippen molar-refractivity contribution in [3.8, 4) is 0 Å². The molecule has 2 aromatic carbocycles. The number of rotatable bonds is 2. The van der Waals surface area contributed by atoms with E-state index in [2.05, 4.69) is 29.2 Å². The van der Waals surface area contributed by atoms with Crippen molar-refractivity contribution < 1.29 is 4.39 Å². The molecular weight excluding hydrogens is 249 g/mol. The van der Waals surface area contributed by atoms with Crippen molar-refractivity contribution in [2.75, 3.05) is 0 Å². The van der Waals surface area contributed by atoms with E-state index < -0.39 is 0 Å². The molecule has 0 fully saturated rings. The van der Waals surface area contributed by atoms with E-state index >= 15 is 0 Å². The molecule has 18 heavy (non-hydrogen) atoms. The van der Waals surface area contributed by atoms with Gasteiger partial charge in [-0.1, -0.05) is 36.4 Å². The van der Waals surface area contributed by atoms with E-state index in [1.165, 1.54) is 11.1 Å². The van der Waals surface area contributed by atoms with Gasteiger partial charge in [0.05, 0.1) is 0 Å². The fraction of sp³-hybridized carbons (Fsp3) is 0.200. The Morgan fingerprint density at radius 2 is 1.67 bits per heavy atom. The fourth-order valence-corrected chi connectivity index (χ4v) is 2.39. The number of nitrogens with zero attached hydrogens (tertiary/aromatic N) is 1. The number of benzene rings is 2. The van der Waals surface area contributed by atoms with Crippen molar-refractivity contribution in [1.29, 1.82) is 0 Å². The molecule has 1 aliphatic heterocycles. The SMILES string of the molecule is Cl.Fc1ccc2c(c1)CN(Cc1ccccc1)C2. The average Bonchev–Trinajstić information content (AvgIpc) is 2.71. The molecule has 0 atom stereocenters. The molecule has 1 nitrogen and oxygen atoms in total. The maximum Gasteiger partial charge on any atom is 0.123 e. The van der Waals surface area contributed by atoms with Crippen LogP contribution in [0, 0.1) is 5.82 Å². The van der Waals surface area contributed by atoms with Gasteiger partial charge in [0.2, 0.25) is 0 Å². The first-order chi connectivity index (χ1) is 8.31. The van der Waals surface area contributed by atoms with Crippen LogP contribution < -0.4 is 0 Å². The van der Waals surface area contributed by atoms with E-state index in [1.54, 1.807) is 12.1 Å². The Kier molecular flexibility index (Phi) is 4.00. The molecule has 0 saturated heterocycles. The van der Waals surface area contributed by atoms with Crippen LogP contribution in [0.2, 0.25) is 0 Å². The van der Waals surface area contributed by atoms with Gasteiger partial charge in [0.1, 0.15) is 5.82 Å². The van der Waals surface area contributed by atoms with Gasteiger partial charge in [0.25, 0.3) is 0 Å². The maximum absolute atomic E-state index is 13.1. The first-order valence-electron chi connectivity index (χ1n) is 5.85. The lowest BCUT2D eigenvalue weighted by molar-refractivity contribution is 0.275. The molecular formula is C15H15ClFN. The number of hydrogen-bond donors (Lipinski definition) is 0. The molecule has 3 heteroatoms. The summed E-state index contributed by atoms with van der Waals surface area (Å²) in [6.07, 6.45) is 0. The quantitative estimate of drug-likeness (QED) is 0.797. The molecule has 0 amide bonds. The molecule has 3 rings (SSSR count). The molecule has 0 N–H and O–H groups in total. The summed E-state index contributed by atoms with van der Waals surface area (Å²) in [5, 5.41) is 0. The van der Waals surface area contributed by atoms with Crippen LogP contribution in [0.3, 0.4) is 0 Å². The molecule has 0 aromatic heterocycles. The van der Waals surface area contributed by atoms with E-state index in [0.717, 1.165) is 25.2 Å². The average molecular weight is 264 g/mol. The molecule has 94 valence electrons. The van der Waals surface area contributed by atoms with E-state index in [0.29, 0.717) is 0 Å². The van der Waals surface area contributed by atoms with Crippen molar-refractivity contribution in [3.05, 3.63) is 71.0 Å². The third kappa shape index (κ3) is 2.71. The van der Waals surface area contributed by atoms with Gasteiger partial charge in [-0.15, -0.1) is 12.4 Å². The van der Waals surface area contributed by atoms with Gasteiger partial charge in [-0.05, 0) is 28.8 Å². The minimum absolute atomic E-state index is 0. The highest BCUT2D eigenvalue weighted by atomic mass is 35.5. The molecule has 0 saturated carbocycles. The minimum Gasteiger partial charge on any atom is -0.291 e. The fourth-order valence-electron chi connectivity index (χ4n) is 2.39. The number of fused-ring (bicyclic) bond motifs is 1. The van der Waals surface area contributed by atoms with Crippen molar-refractivity contribution >= 4 is 12.4 Å². The van der Waals surface area contributed by atoms with E-state index in [1.807, 2.05) is 12.1 Å². The zero-order valence-electron chi connectivity index (χ0n) is 9.97. The third-order valence-electron chi connectivity index (χ3n) is 3.21. The summed E-state index contributed by atoms with van der Waals surface area (Å²) in [7, 11) is 0. The van der Waals surface area contributed by atoms with Crippen molar-refractivity contribution in [2.45, 2.75) is 19.6 Å². The second-order valence-electron chi connectivity index (χ2n) is 4.54. The molecule has 0 unspecified atom stereocenters. The zero-order chi connectivity index (χ0) is 11.7. The third-order valence-corrected chi connectivity index (χ3v) is 3.21. The summed E-state index contributed by atoms with van der Waals surface area (Å²) in [6, 6.07) is 15.5. The van der Waals surface area contributed by atoms with Crippen LogP contribution in [-0.4, -0.2) is 4.90 Å². The second kappa shape index (κ2) is 5.51. The van der Waals surface area contributed by atoms with Crippen LogP contribution in [0.15, 0.2) is 48.5 Å². The van der Waals surface area contributed by atoms with Gasteiger partial charge < -0.3 is 0 Å². The lowest BCUT2D eigenvalue weighted by Crippen LogP contribution is -2.15. The van der Waals surface area contributed by atoms with Gasteiger partial charge >= 0.3 is 0 Å². The van der Waals surface area contributed by atoms with E-state index in [4.69, 9.17) is 0 Å². The Balaban J connectivity index is 0.00000120. The van der Waals surface area contributed by atoms with E-state index in [-0.39, 0.29) is 18.2 Å². The summed E-state index contributed by atoms with van der Waals surface area (Å²) >= 11 is 0. The van der Waals surface area contributed by atoms with Crippen LogP contribution in [0.25, 0.3) is 0 Å². The molecule has 1 aliphatic rings. The van der Waals surface area contributed by atoms with Gasteiger partial charge in [-0.2, -0.15) is 0 Å². The topological polar surface area (TPSA) is 3.24 Å². The summed E-state index contributed by atoms with van der Waals surface area (Å²) in [5.74, 6) is -0.134. The predicted octanol–water partition coefficient (Wildman–Crippen LogP) is 3.76. The molecule has 2 aromatic rings. The lowest BCUT2D eigenvalue weighted by atomic mass is 10.1. The van der Waals surface area contributed by atoms with Crippen LogP contribution >= 0.6 is 12.4 Å². The molecule has 0 radical (unpaired) electrons. The summed E-state index contributed by atoms with van der Waals surface area (Å²) in [4.78, 5) is 2.33.